The Morgan fingerprint density at radius 2 is 1.90 bits per heavy atom. The van der Waals surface area contributed by atoms with E-state index in [0.29, 0.717) is 10.0 Å². The third-order valence-corrected chi connectivity index (χ3v) is 7.46. The number of nitrogens with zero attached hydrogens (tertiary/aromatic N) is 1. The second-order valence-corrected chi connectivity index (χ2v) is 8.46. The van der Waals surface area contributed by atoms with E-state index in [4.69, 9.17) is 23.2 Å². The lowest BCUT2D eigenvalue weighted by molar-refractivity contribution is 1.16. The van der Waals surface area contributed by atoms with E-state index in [9.17, 15) is 0 Å². The van der Waals surface area contributed by atoms with Crippen LogP contribution in [0.1, 0.15) is 11.1 Å². The molecule has 1 aromatic heterocycles. The average molecular weight is 382 g/mol. The van der Waals surface area contributed by atoms with E-state index in [1.165, 1.54) is 9.77 Å². The van der Waals surface area contributed by atoms with Crippen LogP contribution in [-0.4, -0.2) is 16.9 Å². The smallest absolute Gasteiger partial charge is 0.115 e. The van der Waals surface area contributed by atoms with Crippen LogP contribution in [0.2, 0.25) is 10.0 Å². The van der Waals surface area contributed by atoms with Gasteiger partial charge in [0.2, 0.25) is 0 Å². The molecule has 108 valence electrons. The fourth-order valence-corrected chi connectivity index (χ4v) is 5.81. The lowest BCUT2D eigenvalue weighted by Gasteiger charge is -2.08. The van der Waals surface area contributed by atoms with Gasteiger partial charge in [0.25, 0.3) is 0 Å². The third kappa shape index (κ3) is 3.81. The number of aryl methyl sites for hydroxylation is 1. The standard InChI is InChI=1S/C13H13Cl2NS4/c1-7-4-11(10(15)5-9(7)14)19-6-8-12(17-2)16-20-13(8)18-3/h4-5H,6H2,1-3H3. The quantitative estimate of drug-likeness (QED) is 0.548. The van der Waals surface area contributed by atoms with Gasteiger partial charge >= 0.3 is 0 Å². The summed E-state index contributed by atoms with van der Waals surface area (Å²) < 4.78 is 5.77. The van der Waals surface area contributed by atoms with Crippen LogP contribution < -0.4 is 0 Å². The monoisotopic (exact) mass is 381 g/mol. The molecule has 0 bridgehead atoms. The molecule has 0 aliphatic rings. The van der Waals surface area contributed by atoms with E-state index in [1.54, 1.807) is 46.8 Å². The molecular formula is C13H13Cl2NS4. The average Bonchev–Trinajstić information content (AvgIpc) is 2.83. The van der Waals surface area contributed by atoms with Gasteiger partial charge in [-0.25, -0.2) is 0 Å². The number of rotatable bonds is 5. The minimum Gasteiger partial charge on any atom is -0.185 e. The van der Waals surface area contributed by atoms with E-state index in [1.807, 2.05) is 19.1 Å². The number of benzene rings is 1. The zero-order valence-corrected chi connectivity index (χ0v) is 16.0. The topological polar surface area (TPSA) is 12.9 Å². The van der Waals surface area contributed by atoms with Crippen molar-refractivity contribution in [3.05, 3.63) is 33.3 Å². The molecular weight excluding hydrogens is 369 g/mol. The molecule has 0 amide bonds. The number of hydrogen-bond donors (Lipinski definition) is 0. The molecule has 0 unspecified atom stereocenters. The molecule has 20 heavy (non-hydrogen) atoms. The van der Waals surface area contributed by atoms with Crippen molar-refractivity contribution >= 4 is 70.0 Å². The molecule has 0 fully saturated rings. The van der Waals surface area contributed by atoms with Gasteiger partial charge in [0.15, 0.2) is 0 Å². The van der Waals surface area contributed by atoms with Crippen LogP contribution >= 0.6 is 70.0 Å². The van der Waals surface area contributed by atoms with Gasteiger partial charge < -0.3 is 0 Å². The minimum absolute atomic E-state index is 0.713. The third-order valence-electron chi connectivity index (χ3n) is 2.68. The van der Waals surface area contributed by atoms with Crippen molar-refractivity contribution in [2.75, 3.05) is 12.5 Å². The van der Waals surface area contributed by atoms with Crippen molar-refractivity contribution < 1.29 is 0 Å². The molecule has 1 nitrogen and oxygen atoms in total. The first-order valence-corrected chi connectivity index (χ1v) is 10.7. The normalized spacial score (nSPS) is 11.1. The van der Waals surface area contributed by atoms with Crippen LogP contribution in [0.5, 0.6) is 0 Å². The van der Waals surface area contributed by atoms with Crippen LogP contribution in [0.4, 0.5) is 0 Å². The summed E-state index contributed by atoms with van der Waals surface area (Å²) in [6.07, 6.45) is 4.15. The van der Waals surface area contributed by atoms with Gasteiger partial charge in [-0.1, -0.05) is 23.2 Å². The Kier molecular flexibility index (Phi) is 6.45. The summed E-state index contributed by atoms with van der Waals surface area (Å²) in [4.78, 5) is 1.07. The highest BCUT2D eigenvalue weighted by atomic mass is 35.5. The summed E-state index contributed by atoms with van der Waals surface area (Å²) in [6, 6.07) is 3.87. The number of halogens is 2. The Morgan fingerprint density at radius 1 is 1.15 bits per heavy atom. The SMILES string of the molecule is CSc1nsc(SC)c1CSc1cc(C)c(Cl)cc1Cl. The second kappa shape index (κ2) is 7.65. The molecule has 0 aliphatic heterocycles. The summed E-state index contributed by atoms with van der Waals surface area (Å²) in [5, 5.41) is 2.55. The molecule has 0 aliphatic carbocycles. The Morgan fingerprint density at radius 3 is 2.55 bits per heavy atom. The molecule has 0 spiro atoms. The van der Waals surface area contributed by atoms with E-state index in [2.05, 4.69) is 16.9 Å². The highest BCUT2D eigenvalue weighted by Gasteiger charge is 2.14. The summed E-state index contributed by atoms with van der Waals surface area (Å²) in [5.74, 6) is 0.879. The van der Waals surface area contributed by atoms with Crippen molar-refractivity contribution in [3.8, 4) is 0 Å². The highest BCUT2D eigenvalue weighted by Crippen LogP contribution is 2.39. The van der Waals surface area contributed by atoms with E-state index in [-0.39, 0.29) is 0 Å². The number of thioether (sulfide) groups is 3. The van der Waals surface area contributed by atoms with Crippen molar-refractivity contribution in [2.24, 2.45) is 0 Å². The van der Waals surface area contributed by atoms with Crippen molar-refractivity contribution in [3.63, 3.8) is 0 Å². The van der Waals surface area contributed by atoms with Crippen LogP contribution in [0.25, 0.3) is 0 Å². The summed E-state index contributed by atoms with van der Waals surface area (Å²) in [7, 11) is 0. The predicted molar refractivity (Wildman–Crippen MR) is 96.4 cm³/mol. The zero-order chi connectivity index (χ0) is 14.7. The fourth-order valence-electron chi connectivity index (χ4n) is 1.61. The predicted octanol–water partition coefficient (Wildman–Crippen LogP) is 6.49. The van der Waals surface area contributed by atoms with E-state index >= 15 is 0 Å². The molecule has 1 aromatic carbocycles. The molecule has 2 aromatic rings. The van der Waals surface area contributed by atoms with E-state index < -0.39 is 0 Å². The lowest BCUT2D eigenvalue weighted by Crippen LogP contribution is -1.86. The molecule has 0 saturated carbocycles. The second-order valence-electron chi connectivity index (χ2n) is 3.98. The number of hydrogen-bond acceptors (Lipinski definition) is 5. The molecule has 0 radical (unpaired) electrons. The van der Waals surface area contributed by atoms with Crippen molar-refractivity contribution in [1.29, 1.82) is 0 Å². The Labute approximate surface area is 146 Å². The van der Waals surface area contributed by atoms with Gasteiger partial charge in [0, 0.05) is 21.2 Å². The highest BCUT2D eigenvalue weighted by molar-refractivity contribution is 8.01. The van der Waals surface area contributed by atoms with Crippen molar-refractivity contribution in [1.82, 2.24) is 4.37 Å². The minimum atomic E-state index is 0.713. The van der Waals surface area contributed by atoms with Gasteiger partial charge in [-0.3, -0.25) is 0 Å². The first kappa shape index (κ1) is 16.8. The maximum absolute atomic E-state index is 6.26. The van der Waals surface area contributed by atoms with Crippen LogP contribution in [0.3, 0.4) is 0 Å². The summed E-state index contributed by atoms with van der Waals surface area (Å²) in [5.41, 5.74) is 2.36. The van der Waals surface area contributed by atoms with Crippen molar-refractivity contribution in [2.45, 2.75) is 26.8 Å². The summed E-state index contributed by atoms with van der Waals surface area (Å²) >= 11 is 19.1. The largest absolute Gasteiger partial charge is 0.185 e. The zero-order valence-electron chi connectivity index (χ0n) is 11.2. The molecule has 1 heterocycles. The van der Waals surface area contributed by atoms with Gasteiger partial charge in [-0.05, 0) is 48.7 Å². The van der Waals surface area contributed by atoms with Gasteiger partial charge in [0.05, 0.1) is 9.23 Å². The Balaban J connectivity index is 2.20. The lowest BCUT2D eigenvalue weighted by atomic mass is 10.2. The fraction of sp³-hybridized carbons (Fsp3) is 0.308. The van der Waals surface area contributed by atoms with Gasteiger partial charge in [-0.15, -0.1) is 35.3 Å². The first-order chi connectivity index (χ1) is 9.56. The Bertz CT molecular complexity index is 591. The molecule has 7 heteroatoms. The maximum Gasteiger partial charge on any atom is 0.115 e. The van der Waals surface area contributed by atoms with Crippen LogP contribution in [0, 0.1) is 6.92 Å². The first-order valence-electron chi connectivity index (χ1n) is 5.71. The van der Waals surface area contributed by atoms with Gasteiger partial charge in [-0.2, -0.15) is 4.37 Å². The van der Waals surface area contributed by atoms with Gasteiger partial charge in [0.1, 0.15) is 5.03 Å². The van der Waals surface area contributed by atoms with Crippen LogP contribution in [-0.2, 0) is 5.75 Å². The molecule has 0 N–H and O–H groups in total. The molecule has 2 rings (SSSR count). The Hall–Kier alpha value is 0.480. The maximum atomic E-state index is 6.26. The molecule has 0 atom stereocenters. The van der Waals surface area contributed by atoms with Crippen LogP contribution in [0.15, 0.2) is 26.3 Å². The molecule has 0 saturated heterocycles. The summed E-state index contributed by atoms with van der Waals surface area (Å²) in [6.45, 7) is 2.00. The van der Waals surface area contributed by atoms with E-state index in [0.717, 1.165) is 21.2 Å². The number of aromatic nitrogens is 1.